The van der Waals surface area contributed by atoms with Crippen molar-refractivity contribution in [1.82, 2.24) is 0 Å². The number of rotatable bonds is 4. The molecule has 0 aromatic heterocycles. The smallest absolute Gasteiger partial charge is 0.335 e. The molecule has 0 aliphatic rings. The number of aliphatic hydroxyl groups is 1. The summed E-state index contributed by atoms with van der Waals surface area (Å²) in [6.45, 7) is 3.51. The lowest BCUT2D eigenvalue weighted by Gasteiger charge is -2.05. The average Bonchev–Trinajstić information content (AvgIpc) is 2.18. The van der Waals surface area contributed by atoms with Gasteiger partial charge in [0, 0.05) is 0 Å². The largest absolute Gasteiger partial charge is 0.478 e. The number of hydrogen-bond acceptors (Lipinski definition) is 2. The van der Waals surface area contributed by atoms with Gasteiger partial charge < -0.3 is 10.2 Å². The van der Waals surface area contributed by atoms with Gasteiger partial charge in [-0.2, -0.15) is 0 Å². The molecule has 74 valence electrons. The lowest BCUT2D eigenvalue weighted by Crippen LogP contribution is -2.04. The van der Waals surface area contributed by atoms with Crippen LogP contribution in [0.5, 0.6) is 0 Å². The van der Waals surface area contributed by atoms with Gasteiger partial charge in [-0.05, 0) is 23.6 Å². The van der Waals surface area contributed by atoms with E-state index in [1.807, 2.05) is 0 Å². The summed E-state index contributed by atoms with van der Waals surface area (Å²) < 4.78 is 0. The van der Waals surface area contributed by atoms with Gasteiger partial charge in [0.25, 0.3) is 0 Å². The fourth-order valence-corrected chi connectivity index (χ4v) is 1.21. The summed E-state index contributed by atoms with van der Waals surface area (Å²) in [5, 5.41) is 17.6. The van der Waals surface area contributed by atoms with Crippen molar-refractivity contribution in [2.24, 2.45) is 0 Å². The van der Waals surface area contributed by atoms with E-state index >= 15 is 0 Å². The SMILES string of the molecule is C=C(CO)Cc1ccccc1C(=O)O. The van der Waals surface area contributed by atoms with Crippen LogP contribution in [0.15, 0.2) is 36.4 Å². The van der Waals surface area contributed by atoms with Gasteiger partial charge in [-0.1, -0.05) is 24.8 Å². The molecule has 0 heterocycles. The highest BCUT2D eigenvalue weighted by molar-refractivity contribution is 5.89. The summed E-state index contributed by atoms with van der Waals surface area (Å²) in [6, 6.07) is 6.72. The predicted molar refractivity (Wildman–Crippen MR) is 53.3 cm³/mol. The van der Waals surface area contributed by atoms with E-state index in [1.54, 1.807) is 24.3 Å². The van der Waals surface area contributed by atoms with Gasteiger partial charge in [-0.25, -0.2) is 4.79 Å². The summed E-state index contributed by atoms with van der Waals surface area (Å²) >= 11 is 0. The summed E-state index contributed by atoms with van der Waals surface area (Å²) in [7, 11) is 0. The number of carboxylic acid groups (broad SMARTS) is 1. The van der Waals surface area contributed by atoms with Gasteiger partial charge in [0.15, 0.2) is 0 Å². The van der Waals surface area contributed by atoms with Gasteiger partial charge in [0.2, 0.25) is 0 Å². The predicted octanol–water partition coefficient (Wildman–Crippen LogP) is 1.48. The van der Waals surface area contributed by atoms with Crippen molar-refractivity contribution >= 4 is 5.97 Å². The third kappa shape index (κ3) is 2.44. The zero-order valence-electron chi connectivity index (χ0n) is 7.73. The zero-order valence-corrected chi connectivity index (χ0v) is 7.73. The number of carboxylic acids is 1. The Bertz CT molecular complexity index is 355. The van der Waals surface area contributed by atoms with Crippen LogP contribution in [-0.4, -0.2) is 22.8 Å². The number of aromatic carboxylic acids is 1. The Hall–Kier alpha value is -1.61. The van der Waals surface area contributed by atoms with Crippen molar-refractivity contribution in [3.8, 4) is 0 Å². The third-order valence-corrected chi connectivity index (χ3v) is 1.91. The van der Waals surface area contributed by atoms with E-state index in [-0.39, 0.29) is 12.2 Å². The zero-order chi connectivity index (χ0) is 10.6. The molecule has 0 radical (unpaired) electrons. The standard InChI is InChI=1S/C11H12O3/c1-8(7-12)6-9-4-2-3-5-10(9)11(13)14/h2-5,12H,1,6-7H2,(H,13,14). The maximum absolute atomic E-state index is 10.8. The second-order valence-electron chi connectivity index (χ2n) is 3.05. The molecule has 0 saturated carbocycles. The molecular weight excluding hydrogens is 180 g/mol. The van der Waals surface area contributed by atoms with E-state index in [4.69, 9.17) is 10.2 Å². The van der Waals surface area contributed by atoms with Crippen molar-refractivity contribution in [1.29, 1.82) is 0 Å². The molecule has 2 N–H and O–H groups in total. The summed E-state index contributed by atoms with van der Waals surface area (Å²) in [4.78, 5) is 10.8. The highest BCUT2D eigenvalue weighted by atomic mass is 16.4. The summed E-state index contributed by atoms with van der Waals surface area (Å²) in [5.74, 6) is -0.952. The quantitative estimate of drug-likeness (QED) is 0.710. The normalized spacial score (nSPS) is 9.79. The van der Waals surface area contributed by atoms with Crippen LogP contribution in [0.4, 0.5) is 0 Å². The van der Waals surface area contributed by atoms with E-state index in [2.05, 4.69) is 6.58 Å². The van der Waals surface area contributed by atoms with Crippen LogP contribution in [0.25, 0.3) is 0 Å². The molecule has 0 aliphatic carbocycles. The van der Waals surface area contributed by atoms with E-state index in [9.17, 15) is 4.79 Å². The average molecular weight is 192 g/mol. The molecule has 0 amide bonds. The maximum atomic E-state index is 10.8. The topological polar surface area (TPSA) is 57.5 Å². The molecule has 0 spiro atoms. The van der Waals surface area contributed by atoms with Crippen LogP contribution in [-0.2, 0) is 6.42 Å². The third-order valence-electron chi connectivity index (χ3n) is 1.91. The number of hydrogen-bond donors (Lipinski definition) is 2. The Labute approximate surface area is 82.3 Å². The molecule has 14 heavy (non-hydrogen) atoms. The van der Waals surface area contributed by atoms with Crippen molar-refractivity contribution < 1.29 is 15.0 Å². The molecule has 3 nitrogen and oxygen atoms in total. The van der Waals surface area contributed by atoms with Gasteiger partial charge in [0.05, 0.1) is 12.2 Å². The van der Waals surface area contributed by atoms with Crippen molar-refractivity contribution in [2.75, 3.05) is 6.61 Å². The molecule has 1 rings (SSSR count). The second-order valence-corrected chi connectivity index (χ2v) is 3.05. The minimum Gasteiger partial charge on any atom is -0.478 e. The Kier molecular flexibility index (Phi) is 3.42. The fourth-order valence-electron chi connectivity index (χ4n) is 1.21. The van der Waals surface area contributed by atoms with Crippen LogP contribution in [0.2, 0.25) is 0 Å². The molecule has 0 bridgehead atoms. The molecule has 0 atom stereocenters. The molecule has 1 aromatic carbocycles. The highest BCUT2D eigenvalue weighted by Gasteiger charge is 2.08. The van der Waals surface area contributed by atoms with Crippen LogP contribution < -0.4 is 0 Å². The number of carbonyl (C=O) groups is 1. The van der Waals surface area contributed by atoms with Gasteiger partial charge in [-0.3, -0.25) is 0 Å². The minimum atomic E-state index is -0.952. The van der Waals surface area contributed by atoms with E-state index in [0.29, 0.717) is 17.6 Å². The molecular formula is C11H12O3. The van der Waals surface area contributed by atoms with E-state index < -0.39 is 5.97 Å². The minimum absolute atomic E-state index is 0.117. The van der Waals surface area contributed by atoms with Crippen molar-refractivity contribution in [2.45, 2.75) is 6.42 Å². The molecule has 0 saturated heterocycles. The highest BCUT2D eigenvalue weighted by Crippen LogP contribution is 2.12. The monoisotopic (exact) mass is 192 g/mol. The molecule has 1 aromatic rings. The molecule has 0 fully saturated rings. The number of benzene rings is 1. The molecule has 0 unspecified atom stereocenters. The van der Waals surface area contributed by atoms with Crippen molar-refractivity contribution in [3.05, 3.63) is 47.5 Å². The lowest BCUT2D eigenvalue weighted by molar-refractivity contribution is 0.0696. The van der Waals surface area contributed by atoms with Crippen LogP contribution in [0.1, 0.15) is 15.9 Å². The van der Waals surface area contributed by atoms with E-state index in [1.165, 1.54) is 0 Å². The van der Waals surface area contributed by atoms with Gasteiger partial charge >= 0.3 is 5.97 Å². The molecule has 0 aliphatic heterocycles. The first-order valence-corrected chi connectivity index (χ1v) is 4.24. The Morgan fingerprint density at radius 1 is 1.36 bits per heavy atom. The van der Waals surface area contributed by atoms with Crippen LogP contribution >= 0.6 is 0 Å². The Balaban J connectivity index is 2.95. The Morgan fingerprint density at radius 2 is 2.00 bits per heavy atom. The Morgan fingerprint density at radius 3 is 2.57 bits per heavy atom. The van der Waals surface area contributed by atoms with Crippen molar-refractivity contribution in [3.63, 3.8) is 0 Å². The fraction of sp³-hybridized carbons (Fsp3) is 0.182. The number of aliphatic hydroxyl groups excluding tert-OH is 1. The van der Waals surface area contributed by atoms with Crippen LogP contribution in [0.3, 0.4) is 0 Å². The van der Waals surface area contributed by atoms with Gasteiger partial charge in [-0.15, -0.1) is 0 Å². The maximum Gasteiger partial charge on any atom is 0.335 e. The van der Waals surface area contributed by atoms with E-state index in [0.717, 1.165) is 0 Å². The lowest BCUT2D eigenvalue weighted by atomic mass is 10.0. The first-order valence-electron chi connectivity index (χ1n) is 4.24. The van der Waals surface area contributed by atoms with Crippen LogP contribution in [0, 0.1) is 0 Å². The second kappa shape index (κ2) is 4.58. The summed E-state index contributed by atoms with van der Waals surface area (Å²) in [5.41, 5.74) is 1.56. The first kappa shape index (κ1) is 10.5. The molecule has 3 heteroatoms. The summed E-state index contributed by atoms with van der Waals surface area (Å²) in [6.07, 6.45) is 0.402. The first-order chi connectivity index (χ1) is 6.65. The van der Waals surface area contributed by atoms with Gasteiger partial charge in [0.1, 0.15) is 0 Å².